The normalized spacial score (nSPS) is 13.0. The van der Waals surface area contributed by atoms with E-state index in [1.54, 1.807) is 0 Å². The fourth-order valence-corrected chi connectivity index (χ4v) is 1.10. The van der Waals surface area contributed by atoms with Gasteiger partial charge in [0.05, 0.1) is 0 Å². The van der Waals surface area contributed by atoms with Crippen molar-refractivity contribution < 1.29 is 4.79 Å². The Morgan fingerprint density at radius 2 is 2.00 bits per heavy atom. The van der Waals surface area contributed by atoms with Gasteiger partial charge < -0.3 is 11.1 Å². The molecule has 0 aromatic carbocycles. The highest BCUT2D eigenvalue weighted by atomic mass is 16.1. The number of nitrogens with two attached hydrogens (primary N) is 1. The van der Waals surface area contributed by atoms with E-state index in [0.717, 1.165) is 13.0 Å². The summed E-state index contributed by atoms with van der Waals surface area (Å²) in [5.41, 5.74) is 5.48. The van der Waals surface area contributed by atoms with Gasteiger partial charge >= 0.3 is 0 Å². The second-order valence-electron chi connectivity index (χ2n) is 4.07. The Morgan fingerprint density at radius 1 is 1.38 bits per heavy atom. The standard InChI is InChI=1S/C10H22N2O/c1-8(2)5-4-6-12-10(13)7-9(3)11/h8-9H,4-7,11H2,1-3H3,(H,12,13). The number of rotatable bonds is 6. The number of hydrogen-bond acceptors (Lipinski definition) is 2. The van der Waals surface area contributed by atoms with Gasteiger partial charge in [-0.05, 0) is 25.7 Å². The molecular weight excluding hydrogens is 164 g/mol. The lowest BCUT2D eigenvalue weighted by Crippen LogP contribution is -2.30. The average molecular weight is 186 g/mol. The first kappa shape index (κ1) is 12.4. The third-order valence-corrected chi connectivity index (χ3v) is 1.79. The quantitative estimate of drug-likeness (QED) is 0.614. The van der Waals surface area contributed by atoms with Crippen molar-refractivity contribution in [3.8, 4) is 0 Å². The predicted molar refractivity (Wildman–Crippen MR) is 55.3 cm³/mol. The maximum Gasteiger partial charge on any atom is 0.221 e. The fraction of sp³-hybridized carbons (Fsp3) is 0.900. The van der Waals surface area contributed by atoms with Gasteiger partial charge in [0.2, 0.25) is 5.91 Å². The Hall–Kier alpha value is -0.570. The topological polar surface area (TPSA) is 55.1 Å². The lowest BCUT2D eigenvalue weighted by atomic mass is 10.1. The predicted octanol–water partition coefficient (Wildman–Crippen LogP) is 1.28. The van der Waals surface area contributed by atoms with E-state index in [-0.39, 0.29) is 11.9 Å². The van der Waals surface area contributed by atoms with Gasteiger partial charge in [-0.2, -0.15) is 0 Å². The van der Waals surface area contributed by atoms with Crippen molar-refractivity contribution in [3.63, 3.8) is 0 Å². The summed E-state index contributed by atoms with van der Waals surface area (Å²) < 4.78 is 0. The van der Waals surface area contributed by atoms with E-state index in [0.29, 0.717) is 12.3 Å². The van der Waals surface area contributed by atoms with Crippen molar-refractivity contribution in [1.29, 1.82) is 0 Å². The van der Waals surface area contributed by atoms with Gasteiger partial charge in [-0.3, -0.25) is 4.79 Å². The summed E-state index contributed by atoms with van der Waals surface area (Å²) in [6.07, 6.45) is 2.66. The van der Waals surface area contributed by atoms with E-state index in [1.165, 1.54) is 6.42 Å². The molecule has 3 nitrogen and oxygen atoms in total. The van der Waals surface area contributed by atoms with Crippen molar-refractivity contribution in [2.24, 2.45) is 11.7 Å². The molecule has 1 unspecified atom stereocenters. The first-order valence-electron chi connectivity index (χ1n) is 5.04. The monoisotopic (exact) mass is 186 g/mol. The molecule has 0 spiro atoms. The molecule has 0 aromatic heterocycles. The number of amides is 1. The zero-order valence-electron chi connectivity index (χ0n) is 8.97. The van der Waals surface area contributed by atoms with Crippen LogP contribution >= 0.6 is 0 Å². The van der Waals surface area contributed by atoms with Crippen LogP contribution in [0, 0.1) is 5.92 Å². The van der Waals surface area contributed by atoms with Crippen LogP contribution in [-0.4, -0.2) is 18.5 Å². The van der Waals surface area contributed by atoms with Crippen molar-refractivity contribution in [3.05, 3.63) is 0 Å². The molecule has 1 atom stereocenters. The molecule has 0 fully saturated rings. The Labute approximate surface area is 81.1 Å². The summed E-state index contributed by atoms with van der Waals surface area (Å²) in [6.45, 7) is 6.99. The SMILES string of the molecule is CC(C)CCCNC(=O)CC(C)N. The Morgan fingerprint density at radius 3 is 2.46 bits per heavy atom. The minimum atomic E-state index is -0.0369. The Kier molecular flexibility index (Phi) is 6.59. The molecule has 0 saturated carbocycles. The van der Waals surface area contributed by atoms with Gasteiger partial charge in [0.25, 0.3) is 0 Å². The van der Waals surface area contributed by atoms with Crippen molar-refractivity contribution >= 4 is 5.91 Å². The molecule has 0 aliphatic heterocycles. The van der Waals surface area contributed by atoms with E-state index >= 15 is 0 Å². The highest BCUT2D eigenvalue weighted by Gasteiger charge is 2.03. The van der Waals surface area contributed by atoms with Crippen LogP contribution in [0.2, 0.25) is 0 Å². The minimum absolute atomic E-state index is 0.0369. The van der Waals surface area contributed by atoms with Gasteiger partial charge in [0, 0.05) is 19.0 Å². The van der Waals surface area contributed by atoms with Crippen LogP contribution < -0.4 is 11.1 Å². The maximum absolute atomic E-state index is 11.1. The summed E-state index contributed by atoms with van der Waals surface area (Å²) in [6, 6.07) is -0.0369. The highest BCUT2D eigenvalue weighted by molar-refractivity contribution is 5.76. The fourth-order valence-electron chi connectivity index (χ4n) is 1.10. The number of carbonyl (C=O) groups is 1. The Bertz CT molecular complexity index is 144. The van der Waals surface area contributed by atoms with Crippen molar-refractivity contribution in [2.45, 2.75) is 46.1 Å². The minimum Gasteiger partial charge on any atom is -0.356 e. The van der Waals surface area contributed by atoms with Crippen LogP contribution in [0.15, 0.2) is 0 Å². The molecule has 0 aliphatic carbocycles. The van der Waals surface area contributed by atoms with E-state index in [4.69, 9.17) is 5.73 Å². The first-order valence-corrected chi connectivity index (χ1v) is 5.04. The Balaban J connectivity index is 3.27. The summed E-state index contributed by atoms with van der Waals surface area (Å²) in [4.78, 5) is 11.1. The smallest absolute Gasteiger partial charge is 0.221 e. The van der Waals surface area contributed by atoms with Crippen LogP contribution in [0.25, 0.3) is 0 Å². The molecular formula is C10H22N2O. The first-order chi connectivity index (χ1) is 6.02. The van der Waals surface area contributed by atoms with Gasteiger partial charge in [-0.15, -0.1) is 0 Å². The van der Waals surface area contributed by atoms with E-state index in [1.807, 2.05) is 6.92 Å². The average Bonchev–Trinajstić information content (AvgIpc) is 1.96. The molecule has 0 radical (unpaired) electrons. The van der Waals surface area contributed by atoms with Gasteiger partial charge in [0.1, 0.15) is 0 Å². The van der Waals surface area contributed by atoms with Crippen LogP contribution in [0.4, 0.5) is 0 Å². The summed E-state index contributed by atoms with van der Waals surface area (Å²) >= 11 is 0. The number of carbonyl (C=O) groups excluding carboxylic acids is 1. The second kappa shape index (κ2) is 6.89. The molecule has 13 heavy (non-hydrogen) atoms. The molecule has 0 bridgehead atoms. The van der Waals surface area contributed by atoms with E-state index in [2.05, 4.69) is 19.2 Å². The van der Waals surface area contributed by atoms with Crippen molar-refractivity contribution in [2.75, 3.05) is 6.54 Å². The van der Waals surface area contributed by atoms with E-state index < -0.39 is 0 Å². The lowest BCUT2D eigenvalue weighted by Gasteiger charge is -2.08. The largest absolute Gasteiger partial charge is 0.356 e. The van der Waals surface area contributed by atoms with Crippen LogP contribution in [0.5, 0.6) is 0 Å². The molecule has 0 rings (SSSR count). The third-order valence-electron chi connectivity index (χ3n) is 1.79. The summed E-state index contributed by atoms with van der Waals surface area (Å²) in [5, 5.41) is 2.85. The zero-order chi connectivity index (χ0) is 10.3. The van der Waals surface area contributed by atoms with Crippen LogP contribution in [0.3, 0.4) is 0 Å². The molecule has 3 N–H and O–H groups in total. The van der Waals surface area contributed by atoms with Crippen molar-refractivity contribution in [1.82, 2.24) is 5.32 Å². The maximum atomic E-state index is 11.1. The van der Waals surface area contributed by atoms with E-state index in [9.17, 15) is 4.79 Å². The molecule has 1 amide bonds. The molecule has 78 valence electrons. The number of nitrogens with one attached hydrogen (secondary N) is 1. The molecule has 0 heterocycles. The summed E-state index contributed by atoms with van der Waals surface area (Å²) in [7, 11) is 0. The lowest BCUT2D eigenvalue weighted by molar-refractivity contribution is -0.121. The van der Waals surface area contributed by atoms with Gasteiger partial charge in [-0.25, -0.2) is 0 Å². The van der Waals surface area contributed by atoms with Crippen LogP contribution in [0.1, 0.15) is 40.0 Å². The third kappa shape index (κ3) is 9.34. The second-order valence-corrected chi connectivity index (χ2v) is 4.07. The zero-order valence-corrected chi connectivity index (χ0v) is 8.97. The molecule has 0 aliphatic rings. The summed E-state index contributed by atoms with van der Waals surface area (Å²) in [5.74, 6) is 0.782. The highest BCUT2D eigenvalue weighted by Crippen LogP contribution is 2.01. The van der Waals surface area contributed by atoms with Crippen LogP contribution in [-0.2, 0) is 4.79 Å². The number of hydrogen-bond donors (Lipinski definition) is 2. The molecule has 0 saturated heterocycles. The molecule has 0 aromatic rings. The molecule has 3 heteroatoms. The van der Waals surface area contributed by atoms with Gasteiger partial charge in [0.15, 0.2) is 0 Å². The van der Waals surface area contributed by atoms with Gasteiger partial charge in [-0.1, -0.05) is 13.8 Å².